The van der Waals surface area contributed by atoms with Crippen LogP contribution in [0.3, 0.4) is 0 Å². The van der Waals surface area contributed by atoms with Crippen molar-refractivity contribution in [2.45, 2.75) is 27.3 Å². The van der Waals surface area contributed by atoms with Crippen molar-refractivity contribution in [3.8, 4) is 0 Å². The molecule has 0 aliphatic carbocycles. The molecule has 2 heterocycles. The van der Waals surface area contributed by atoms with E-state index in [9.17, 15) is 4.79 Å². The molecule has 2 rings (SSSR count). The summed E-state index contributed by atoms with van der Waals surface area (Å²) in [4.78, 5) is 18.0. The Morgan fingerprint density at radius 1 is 1.29 bits per heavy atom. The Bertz CT molecular complexity index is 450. The Balaban J connectivity index is 1.66. The van der Waals surface area contributed by atoms with Crippen molar-refractivity contribution in [2.75, 3.05) is 39.3 Å². The highest BCUT2D eigenvalue weighted by atomic mass is 32.1. The molecular formula is C16H27N3OS. The van der Waals surface area contributed by atoms with Crippen molar-refractivity contribution in [1.82, 2.24) is 15.1 Å². The van der Waals surface area contributed by atoms with Gasteiger partial charge in [-0.05, 0) is 29.9 Å². The Kier molecular flexibility index (Phi) is 6.21. The number of amides is 1. The van der Waals surface area contributed by atoms with Gasteiger partial charge in [-0.15, -0.1) is 11.3 Å². The summed E-state index contributed by atoms with van der Waals surface area (Å²) in [7, 11) is 0. The smallest absolute Gasteiger partial charge is 0.234 e. The summed E-state index contributed by atoms with van der Waals surface area (Å²) in [5.41, 5.74) is 1.27. The number of thiophene rings is 1. The monoisotopic (exact) mass is 309 g/mol. The molecule has 0 unspecified atom stereocenters. The van der Waals surface area contributed by atoms with Crippen LogP contribution in [0.1, 0.15) is 24.3 Å². The number of rotatable bonds is 6. The second kappa shape index (κ2) is 7.92. The molecule has 5 heteroatoms. The topological polar surface area (TPSA) is 35.6 Å². The minimum atomic E-state index is 0.139. The normalized spacial score (nSPS) is 17.3. The van der Waals surface area contributed by atoms with Gasteiger partial charge in [0.25, 0.3) is 0 Å². The van der Waals surface area contributed by atoms with E-state index in [1.54, 1.807) is 11.3 Å². The van der Waals surface area contributed by atoms with Crippen LogP contribution in [-0.2, 0) is 11.3 Å². The molecule has 1 aromatic rings. The second-order valence-electron chi connectivity index (χ2n) is 6.27. The highest BCUT2D eigenvalue weighted by molar-refractivity contribution is 7.10. The predicted octanol–water partition coefficient (Wildman–Crippen LogP) is 1.95. The number of hydrogen-bond acceptors (Lipinski definition) is 4. The van der Waals surface area contributed by atoms with Crippen molar-refractivity contribution in [3.05, 3.63) is 21.9 Å². The fraction of sp³-hybridized carbons (Fsp3) is 0.688. The van der Waals surface area contributed by atoms with Crippen LogP contribution in [0.25, 0.3) is 0 Å². The predicted molar refractivity (Wildman–Crippen MR) is 88.6 cm³/mol. The van der Waals surface area contributed by atoms with E-state index in [2.05, 4.69) is 47.3 Å². The standard InChI is InChI=1S/C16H27N3OS/c1-13(2)11-18-5-7-19(8-6-18)12-16(20)17-10-15-14(3)4-9-21-15/h4,9,13H,5-8,10-12H2,1-3H3,(H,17,20). The van der Waals surface area contributed by atoms with Crippen molar-refractivity contribution < 1.29 is 4.79 Å². The van der Waals surface area contributed by atoms with Crippen molar-refractivity contribution >= 4 is 17.2 Å². The lowest BCUT2D eigenvalue weighted by Crippen LogP contribution is -2.50. The van der Waals surface area contributed by atoms with Gasteiger partial charge in [0.2, 0.25) is 5.91 Å². The van der Waals surface area contributed by atoms with Crippen LogP contribution in [-0.4, -0.2) is 55.0 Å². The first-order chi connectivity index (χ1) is 10.0. The van der Waals surface area contributed by atoms with Gasteiger partial charge in [0.1, 0.15) is 0 Å². The van der Waals surface area contributed by atoms with E-state index in [0.29, 0.717) is 19.0 Å². The summed E-state index contributed by atoms with van der Waals surface area (Å²) in [5, 5.41) is 5.11. The molecule has 1 saturated heterocycles. The van der Waals surface area contributed by atoms with E-state index in [1.165, 1.54) is 10.4 Å². The lowest BCUT2D eigenvalue weighted by molar-refractivity contribution is -0.122. The Labute approximate surface area is 132 Å². The fourth-order valence-corrected chi connectivity index (χ4v) is 3.52. The molecule has 0 atom stereocenters. The molecule has 21 heavy (non-hydrogen) atoms. The third-order valence-corrected chi connectivity index (χ3v) is 4.89. The van der Waals surface area contributed by atoms with E-state index in [1.807, 2.05) is 0 Å². The summed E-state index contributed by atoms with van der Waals surface area (Å²) in [6.45, 7) is 13.1. The zero-order chi connectivity index (χ0) is 15.2. The molecule has 0 spiro atoms. The highest BCUT2D eigenvalue weighted by Crippen LogP contribution is 2.14. The first-order valence-corrected chi connectivity index (χ1v) is 8.67. The number of nitrogens with zero attached hydrogens (tertiary/aromatic N) is 2. The first kappa shape index (κ1) is 16.5. The summed E-state index contributed by atoms with van der Waals surface area (Å²) >= 11 is 1.71. The van der Waals surface area contributed by atoms with Gasteiger partial charge in [-0.1, -0.05) is 13.8 Å². The number of hydrogen-bond donors (Lipinski definition) is 1. The lowest BCUT2D eigenvalue weighted by Gasteiger charge is -2.35. The van der Waals surface area contributed by atoms with E-state index in [-0.39, 0.29) is 5.91 Å². The van der Waals surface area contributed by atoms with Crippen LogP contribution in [0, 0.1) is 12.8 Å². The largest absolute Gasteiger partial charge is 0.350 e. The average molecular weight is 309 g/mol. The highest BCUT2D eigenvalue weighted by Gasteiger charge is 2.19. The summed E-state index contributed by atoms with van der Waals surface area (Å²) < 4.78 is 0. The molecular weight excluding hydrogens is 282 g/mol. The van der Waals surface area contributed by atoms with Crippen LogP contribution < -0.4 is 5.32 Å². The Hall–Kier alpha value is -0.910. The van der Waals surface area contributed by atoms with Crippen LogP contribution >= 0.6 is 11.3 Å². The molecule has 1 aliphatic heterocycles. The van der Waals surface area contributed by atoms with Gasteiger partial charge in [-0.25, -0.2) is 0 Å². The number of carbonyl (C=O) groups excluding carboxylic acids is 1. The van der Waals surface area contributed by atoms with Crippen molar-refractivity contribution in [3.63, 3.8) is 0 Å². The Morgan fingerprint density at radius 3 is 2.52 bits per heavy atom. The van der Waals surface area contributed by atoms with Gasteiger partial charge in [0.15, 0.2) is 0 Å². The van der Waals surface area contributed by atoms with Gasteiger partial charge < -0.3 is 10.2 Å². The minimum absolute atomic E-state index is 0.139. The number of aryl methyl sites for hydroxylation is 1. The van der Waals surface area contributed by atoms with Gasteiger partial charge in [-0.2, -0.15) is 0 Å². The maximum Gasteiger partial charge on any atom is 0.234 e. The number of carbonyl (C=O) groups is 1. The van der Waals surface area contributed by atoms with E-state index >= 15 is 0 Å². The van der Waals surface area contributed by atoms with E-state index in [0.717, 1.165) is 32.7 Å². The molecule has 0 bridgehead atoms. The molecule has 1 aromatic heterocycles. The first-order valence-electron chi connectivity index (χ1n) is 7.79. The van der Waals surface area contributed by atoms with E-state index in [4.69, 9.17) is 0 Å². The van der Waals surface area contributed by atoms with Gasteiger partial charge in [-0.3, -0.25) is 9.69 Å². The summed E-state index contributed by atoms with van der Waals surface area (Å²) in [5.74, 6) is 0.856. The molecule has 0 aromatic carbocycles. The summed E-state index contributed by atoms with van der Waals surface area (Å²) in [6.07, 6.45) is 0. The zero-order valence-electron chi connectivity index (χ0n) is 13.4. The Morgan fingerprint density at radius 2 is 1.95 bits per heavy atom. The van der Waals surface area contributed by atoms with Gasteiger partial charge in [0.05, 0.1) is 13.1 Å². The fourth-order valence-electron chi connectivity index (χ4n) is 2.67. The third kappa shape index (κ3) is 5.41. The molecule has 1 N–H and O–H groups in total. The molecule has 118 valence electrons. The second-order valence-corrected chi connectivity index (χ2v) is 7.27. The van der Waals surface area contributed by atoms with Crippen LogP contribution in [0.5, 0.6) is 0 Å². The third-order valence-electron chi connectivity index (χ3n) is 3.87. The summed E-state index contributed by atoms with van der Waals surface area (Å²) in [6, 6.07) is 2.10. The molecule has 1 amide bonds. The molecule has 1 aliphatic rings. The molecule has 4 nitrogen and oxygen atoms in total. The van der Waals surface area contributed by atoms with Crippen LogP contribution in [0.2, 0.25) is 0 Å². The lowest BCUT2D eigenvalue weighted by atomic mass is 10.2. The number of nitrogens with one attached hydrogen (secondary N) is 1. The average Bonchev–Trinajstić information content (AvgIpc) is 2.84. The van der Waals surface area contributed by atoms with E-state index < -0.39 is 0 Å². The van der Waals surface area contributed by atoms with Crippen LogP contribution in [0.15, 0.2) is 11.4 Å². The molecule has 0 saturated carbocycles. The van der Waals surface area contributed by atoms with Crippen LogP contribution in [0.4, 0.5) is 0 Å². The van der Waals surface area contributed by atoms with Gasteiger partial charge in [0, 0.05) is 37.6 Å². The quantitative estimate of drug-likeness (QED) is 0.872. The van der Waals surface area contributed by atoms with Crippen molar-refractivity contribution in [2.24, 2.45) is 5.92 Å². The molecule has 1 fully saturated rings. The molecule has 0 radical (unpaired) electrons. The van der Waals surface area contributed by atoms with Crippen molar-refractivity contribution in [1.29, 1.82) is 0 Å². The maximum atomic E-state index is 12.0. The maximum absolute atomic E-state index is 12.0. The van der Waals surface area contributed by atoms with Gasteiger partial charge >= 0.3 is 0 Å². The zero-order valence-corrected chi connectivity index (χ0v) is 14.2. The SMILES string of the molecule is Cc1ccsc1CNC(=O)CN1CCN(CC(C)C)CC1. The number of piperazine rings is 1. The minimum Gasteiger partial charge on any atom is -0.350 e.